The van der Waals surface area contributed by atoms with E-state index in [-0.39, 0.29) is 6.54 Å². The zero-order valence-corrected chi connectivity index (χ0v) is 11.9. The fraction of sp³-hybridized carbons (Fsp3) is 0.231. The van der Waals surface area contributed by atoms with Gasteiger partial charge in [-0.3, -0.25) is 19.3 Å². The lowest BCUT2D eigenvalue weighted by Gasteiger charge is -2.13. The fourth-order valence-corrected chi connectivity index (χ4v) is 1.97. The number of nitrogens with zero attached hydrogens (tertiary/aromatic N) is 2. The SMILES string of the molecule is CCN1C(=O)C(=O)N(CC(=O)Nc2ccc(Cl)cc2)C1=O. The third-order valence-corrected chi connectivity index (χ3v) is 3.13. The van der Waals surface area contributed by atoms with Gasteiger partial charge in [-0.1, -0.05) is 11.6 Å². The molecule has 7 nitrogen and oxygen atoms in total. The van der Waals surface area contributed by atoms with Crippen molar-refractivity contribution < 1.29 is 19.2 Å². The molecule has 2 rings (SSSR count). The Hall–Kier alpha value is -2.41. The van der Waals surface area contributed by atoms with Gasteiger partial charge in [0.15, 0.2) is 0 Å². The van der Waals surface area contributed by atoms with Crippen LogP contribution in [-0.2, 0) is 14.4 Å². The van der Waals surface area contributed by atoms with Crippen molar-refractivity contribution in [2.24, 2.45) is 0 Å². The van der Waals surface area contributed by atoms with Gasteiger partial charge in [0.25, 0.3) is 0 Å². The van der Waals surface area contributed by atoms with Crippen LogP contribution in [0.5, 0.6) is 0 Å². The van der Waals surface area contributed by atoms with E-state index in [0.29, 0.717) is 15.6 Å². The van der Waals surface area contributed by atoms with Crippen molar-refractivity contribution in [2.75, 3.05) is 18.4 Å². The van der Waals surface area contributed by atoms with Gasteiger partial charge in [0.05, 0.1) is 0 Å². The number of nitrogens with one attached hydrogen (secondary N) is 1. The van der Waals surface area contributed by atoms with Crippen molar-refractivity contribution in [3.63, 3.8) is 0 Å². The predicted octanol–water partition coefficient (Wildman–Crippen LogP) is 1.09. The molecule has 1 aromatic rings. The average Bonchev–Trinajstić information content (AvgIpc) is 2.65. The standard InChI is InChI=1S/C13H12ClN3O4/c1-2-16-11(19)12(20)17(13(16)21)7-10(18)15-9-5-3-8(14)4-6-9/h3-6H,2,7H2,1H3,(H,15,18). The fourth-order valence-electron chi connectivity index (χ4n) is 1.85. The first-order chi connectivity index (χ1) is 9.93. The van der Waals surface area contributed by atoms with Gasteiger partial charge in [0, 0.05) is 17.3 Å². The topological polar surface area (TPSA) is 86.8 Å². The molecule has 8 heteroatoms. The van der Waals surface area contributed by atoms with Crippen LogP contribution in [0.1, 0.15) is 6.92 Å². The number of carbonyl (C=O) groups is 4. The van der Waals surface area contributed by atoms with Gasteiger partial charge in [-0.25, -0.2) is 9.69 Å². The van der Waals surface area contributed by atoms with E-state index in [1.165, 1.54) is 0 Å². The molecule has 0 unspecified atom stereocenters. The number of rotatable bonds is 4. The van der Waals surface area contributed by atoms with E-state index in [4.69, 9.17) is 11.6 Å². The highest BCUT2D eigenvalue weighted by Crippen LogP contribution is 2.14. The molecule has 110 valence electrons. The van der Waals surface area contributed by atoms with Crippen molar-refractivity contribution in [1.29, 1.82) is 0 Å². The Morgan fingerprint density at radius 2 is 1.67 bits per heavy atom. The summed E-state index contributed by atoms with van der Waals surface area (Å²) < 4.78 is 0. The van der Waals surface area contributed by atoms with Crippen LogP contribution in [-0.4, -0.2) is 46.6 Å². The molecule has 1 aromatic carbocycles. The highest BCUT2D eigenvalue weighted by Gasteiger charge is 2.44. The first kappa shape index (κ1) is 15.0. The number of amides is 5. The third-order valence-electron chi connectivity index (χ3n) is 2.88. The van der Waals surface area contributed by atoms with Gasteiger partial charge in [-0.2, -0.15) is 0 Å². The summed E-state index contributed by atoms with van der Waals surface area (Å²) in [6.07, 6.45) is 0. The van der Waals surface area contributed by atoms with Crippen molar-refractivity contribution in [1.82, 2.24) is 9.80 Å². The second-order valence-corrected chi connectivity index (χ2v) is 4.71. The maximum Gasteiger partial charge on any atom is 0.334 e. The maximum absolute atomic E-state index is 11.8. The van der Waals surface area contributed by atoms with E-state index >= 15 is 0 Å². The van der Waals surface area contributed by atoms with Crippen LogP contribution >= 0.6 is 11.6 Å². The Morgan fingerprint density at radius 1 is 1.10 bits per heavy atom. The summed E-state index contributed by atoms with van der Waals surface area (Å²) in [4.78, 5) is 48.2. The normalized spacial score (nSPS) is 14.9. The van der Waals surface area contributed by atoms with Crippen molar-refractivity contribution in [3.05, 3.63) is 29.3 Å². The Labute approximate surface area is 125 Å². The Balaban J connectivity index is 2.03. The van der Waals surface area contributed by atoms with Gasteiger partial charge >= 0.3 is 17.8 Å². The van der Waals surface area contributed by atoms with Crippen LogP contribution in [0.25, 0.3) is 0 Å². The minimum atomic E-state index is -0.992. The largest absolute Gasteiger partial charge is 0.334 e. The lowest BCUT2D eigenvalue weighted by molar-refractivity contribution is -0.143. The molecule has 1 saturated heterocycles. The quantitative estimate of drug-likeness (QED) is 0.666. The van der Waals surface area contributed by atoms with E-state index in [1.807, 2.05) is 0 Å². The number of benzene rings is 1. The molecule has 0 atom stereocenters. The monoisotopic (exact) mass is 309 g/mol. The summed E-state index contributed by atoms with van der Waals surface area (Å²) in [7, 11) is 0. The van der Waals surface area contributed by atoms with E-state index in [9.17, 15) is 19.2 Å². The van der Waals surface area contributed by atoms with Gasteiger partial charge in [0.1, 0.15) is 6.54 Å². The molecule has 0 aromatic heterocycles. The van der Waals surface area contributed by atoms with E-state index < -0.39 is 30.3 Å². The number of anilines is 1. The van der Waals surface area contributed by atoms with Gasteiger partial charge in [-0.05, 0) is 31.2 Å². The molecule has 1 aliphatic heterocycles. The van der Waals surface area contributed by atoms with Gasteiger partial charge in [0.2, 0.25) is 5.91 Å². The predicted molar refractivity (Wildman–Crippen MR) is 74.6 cm³/mol. The number of urea groups is 1. The summed E-state index contributed by atoms with van der Waals surface area (Å²) in [5, 5.41) is 3.03. The number of likely N-dealkylation sites (N-methyl/N-ethyl adjacent to an activating group) is 1. The number of imide groups is 2. The Morgan fingerprint density at radius 3 is 2.19 bits per heavy atom. The van der Waals surface area contributed by atoms with Crippen molar-refractivity contribution >= 4 is 41.0 Å². The second kappa shape index (κ2) is 5.92. The minimum Gasteiger partial charge on any atom is -0.325 e. The molecule has 1 heterocycles. The minimum absolute atomic E-state index is 0.0821. The molecule has 1 aliphatic rings. The molecule has 0 aliphatic carbocycles. The molecule has 0 saturated carbocycles. The molecule has 21 heavy (non-hydrogen) atoms. The Kier molecular flexibility index (Phi) is 4.23. The van der Waals surface area contributed by atoms with Crippen LogP contribution in [0.2, 0.25) is 5.02 Å². The summed E-state index contributed by atoms with van der Waals surface area (Å²) in [5.74, 6) is -2.49. The van der Waals surface area contributed by atoms with Crippen LogP contribution < -0.4 is 5.32 Å². The number of carbonyl (C=O) groups excluding carboxylic acids is 4. The molecular weight excluding hydrogens is 298 g/mol. The zero-order valence-electron chi connectivity index (χ0n) is 11.1. The van der Waals surface area contributed by atoms with E-state index in [0.717, 1.165) is 4.90 Å². The molecule has 0 spiro atoms. The number of halogens is 1. The first-order valence-corrected chi connectivity index (χ1v) is 6.54. The number of hydrogen-bond donors (Lipinski definition) is 1. The summed E-state index contributed by atoms with van der Waals surface area (Å²) in [5.41, 5.74) is 0.474. The second-order valence-electron chi connectivity index (χ2n) is 4.28. The first-order valence-electron chi connectivity index (χ1n) is 6.16. The molecule has 0 bridgehead atoms. The van der Waals surface area contributed by atoms with Crippen LogP contribution in [0.15, 0.2) is 24.3 Å². The molecule has 1 N–H and O–H groups in total. The number of hydrogen-bond acceptors (Lipinski definition) is 4. The van der Waals surface area contributed by atoms with E-state index in [1.54, 1.807) is 31.2 Å². The highest BCUT2D eigenvalue weighted by atomic mass is 35.5. The molecule has 5 amide bonds. The van der Waals surface area contributed by atoms with Gasteiger partial charge < -0.3 is 5.32 Å². The van der Waals surface area contributed by atoms with Crippen LogP contribution in [0.4, 0.5) is 10.5 Å². The Bertz CT molecular complexity index is 614. The smallest absolute Gasteiger partial charge is 0.325 e. The van der Waals surface area contributed by atoms with Crippen LogP contribution in [0.3, 0.4) is 0 Å². The lowest BCUT2D eigenvalue weighted by atomic mass is 10.3. The summed E-state index contributed by atoms with van der Waals surface area (Å²) >= 11 is 5.72. The molecular formula is C13H12ClN3O4. The van der Waals surface area contributed by atoms with Gasteiger partial charge in [-0.15, -0.1) is 0 Å². The summed E-state index contributed by atoms with van der Waals surface area (Å²) in [6, 6.07) is 5.56. The lowest BCUT2D eigenvalue weighted by Crippen LogP contribution is -2.38. The summed E-state index contributed by atoms with van der Waals surface area (Å²) in [6.45, 7) is 1.14. The highest BCUT2D eigenvalue weighted by molar-refractivity contribution is 6.45. The molecule has 0 radical (unpaired) electrons. The van der Waals surface area contributed by atoms with Crippen molar-refractivity contribution in [3.8, 4) is 0 Å². The van der Waals surface area contributed by atoms with Crippen molar-refractivity contribution in [2.45, 2.75) is 6.92 Å². The maximum atomic E-state index is 11.8. The third kappa shape index (κ3) is 3.03. The zero-order chi connectivity index (χ0) is 15.6. The van der Waals surface area contributed by atoms with Crippen LogP contribution in [0, 0.1) is 0 Å². The average molecular weight is 310 g/mol. The van der Waals surface area contributed by atoms with E-state index in [2.05, 4.69) is 5.32 Å². The molecule has 1 fully saturated rings.